The number of aryl methyl sites for hydroxylation is 1. The second-order valence-electron chi connectivity index (χ2n) is 5.31. The van der Waals surface area contributed by atoms with E-state index in [1.807, 2.05) is 25.1 Å². The summed E-state index contributed by atoms with van der Waals surface area (Å²) in [6.45, 7) is 8.91. The zero-order valence-electron chi connectivity index (χ0n) is 15.1. The van der Waals surface area contributed by atoms with Gasteiger partial charge in [0.2, 0.25) is 0 Å². The zero-order valence-corrected chi connectivity index (χ0v) is 15.1. The van der Waals surface area contributed by atoms with Crippen molar-refractivity contribution in [1.82, 2.24) is 10.6 Å². The number of aliphatic imine (C=N–C) groups is 1. The molecule has 0 spiro atoms. The Kier molecular flexibility index (Phi) is 11.5. The molecule has 0 aliphatic heterocycles. The molecule has 0 amide bonds. The van der Waals surface area contributed by atoms with Gasteiger partial charge in [0.1, 0.15) is 12.4 Å². The summed E-state index contributed by atoms with van der Waals surface area (Å²) in [7, 11) is 1.67. The van der Waals surface area contributed by atoms with Crippen molar-refractivity contribution in [3.05, 3.63) is 29.8 Å². The first-order valence-corrected chi connectivity index (χ1v) is 8.54. The second kappa shape index (κ2) is 13.6. The van der Waals surface area contributed by atoms with Gasteiger partial charge in [-0.1, -0.05) is 12.1 Å². The molecule has 0 aromatic heterocycles. The molecular weight excluding hydrogens is 306 g/mol. The van der Waals surface area contributed by atoms with E-state index in [4.69, 9.17) is 14.2 Å². The van der Waals surface area contributed by atoms with Gasteiger partial charge in [-0.2, -0.15) is 0 Å². The number of nitrogens with one attached hydrogen (secondary N) is 2. The molecule has 0 aliphatic rings. The fourth-order valence-corrected chi connectivity index (χ4v) is 1.99. The smallest absolute Gasteiger partial charge is 0.191 e. The van der Waals surface area contributed by atoms with Gasteiger partial charge in [-0.15, -0.1) is 0 Å². The minimum atomic E-state index is 0.591. The number of benzene rings is 1. The Balaban J connectivity index is 2.18. The summed E-state index contributed by atoms with van der Waals surface area (Å²) in [5.41, 5.74) is 1.20. The minimum absolute atomic E-state index is 0.591. The van der Waals surface area contributed by atoms with Crippen molar-refractivity contribution in [2.75, 3.05) is 53.2 Å². The first kappa shape index (κ1) is 20.3. The third-order valence-corrected chi connectivity index (χ3v) is 3.15. The van der Waals surface area contributed by atoms with Gasteiger partial charge < -0.3 is 24.8 Å². The van der Waals surface area contributed by atoms with Crippen molar-refractivity contribution in [1.29, 1.82) is 0 Å². The van der Waals surface area contributed by atoms with Gasteiger partial charge in [-0.25, -0.2) is 0 Å². The van der Waals surface area contributed by atoms with Gasteiger partial charge in [-0.05, 0) is 38.0 Å². The summed E-state index contributed by atoms with van der Waals surface area (Å²) in [5, 5.41) is 6.49. The van der Waals surface area contributed by atoms with Gasteiger partial charge in [0.25, 0.3) is 0 Å². The lowest BCUT2D eigenvalue weighted by Gasteiger charge is -2.12. The Morgan fingerprint density at radius 1 is 1.12 bits per heavy atom. The van der Waals surface area contributed by atoms with E-state index in [9.17, 15) is 0 Å². The van der Waals surface area contributed by atoms with Crippen molar-refractivity contribution in [2.45, 2.75) is 20.3 Å². The molecule has 6 nitrogen and oxygen atoms in total. The van der Waals surface area contributed by atoms with Gasteiger partial charge >= 0.3 is 0 Å². The second-order valence-corrected chi connectivity index (χ2v) is 5.31. The topological polar surface area (TPSA) is 64.1 Å². The predicted molar refractivity (Wildman–Crippen MR) is 98.0 cm³/mol. The van der Waals surface area contributed by atoms with Crippen molar-refractivity contribution in [3.8, 4) is 5.75 Å². The molecule has 136 valence electrons. The molecule has 1 aromatic carbocycles. The highest BCUT2D eigenvalue weighted by Gasteiger charge is 1.98. The van der Waals surface area contributed by atoms with Crippen LogP contribution in [0.4, 0.5) is 0 Å². The largest absolute Gasteiger partial charge is 0.492 e. The standard InChI is InChI=1S/C18H31N3O3/c1-4-19-18(20-9-6-11-23-14-13-22-3)21-10-12-24-17-8-5-7-16(2)15-17/h5,7-8,15H,4,6,9-14H2,1-3H3,(H2,19,20,21). The van der Waals surface area contributed by atoms with Crippen molar-refractivity contribution >= 4 is 5.96 Å². The molecule has 1 rings (SSSR count). The summed E-state index contributed by atoms with van der Waals surface area (Å²) in [6.07, 6.45) is 0.889. The molecule has 2 N–H and O–H groups in total. The SMILES string of the molecule is CCNC(=NCCCOCCOC)NCCOc1cccc(C)c1. The first-order valence-electron chi connectivity index (χ1n) is 8.54. The molecule has 24 heavy (non-hydrogen) atoms. The maximum absolute atomic E-state index is 5.72. The van der Waals surface area contributed by atoms with Crippen LogP contribution in [-0.4, -0.2) is 59.1 Å². The number of methoxy groups -OCH3 is 1. The molecule has 6 heteroatoms. The molecular formula is C18H31N3O3. The molecule has 0 radical (unpaired) electrons. The van der Waals surface area contributed by atoms with Crippen LogP contribution < -0.4 is 15.4 Å². The number of guanidine groups is 1. The number of nitrogens with zero attached hydrogens (tertiary/aromatic N) is 1. The minimum Gasteiger partial charge on any atom is -0.492 e. The van der Waals surface area contributed by atoms with Crippen LogP contribution in [0, 0.1) is 6.92 Å². The lowest BCUT2D eigenvalue weighted by molar-refractivity contribution is 0.0702. The zero-order chi connectivity index (χ0) is 17.5. The summed E-state index contributed by atoms with van der Waals surface area (Å²) in [5.74, 6) is 1.70. The molecule has 0 saturated carbocycles. The normalized spacial score (nSPS) is 11.4. The Morgan fingerprint density at radius 2 is 2.00 bits per heavy atom. The van der Waals surface area contributed by atoms with Gasteiger partial charge in [0.15, 0.2) is 5.96 Å². The van der Waals surface area contributed by atoms with Crippen molar-refractivity contribution < 1.29 is 14.2 Å². The van der Waals surface area contributed by atoms with E-state index in [1.54, 1.807) is 7.11 Å². The lowest BCUT2D eigenvalue weighted by atomic mass is 10.2. The molecule has 0 fully saturated rings. The van der Waals surface area contributed by atoms with Gasteiger partial charge in [-0.3, -0.25) is 4.99 Å². The number of rotatable bonds is 12. The van der Waals surface area contributed by atoms with E-state index < -0.39 is 0 Å². The van der Waals surface area contributed by atoms with Gasteiger partial charge in [0, 0.05) is 26.8 Å². The van der Waals surface area contributed by atoms with Crippen LogP contribution in [0.3, 0.4) is 0 Å². The fourth-order valence-electron chi connectivity index (χ4n) is 1.99. The molecule has 0 bridgehead atoms. The van der Waals surface area contributed by atoms with Crippen LogP contribution in [0.15, 0.2) is 29.3 Å². The van der Waals surface area contributed by atoms with E-state index in [1.165, 1.54) is 5.56 Å². The predicted octanol–water partition coefficient (Wildman–Crippen LogP) is 1.98. The Morgan fingerprint density at radius 3 is 2.75 bits per heavy atom. The Bertz CT molecular complexity index is 467. The number of hydrogen-bond acceptors (Lipinski definition) is 4. The average molecular weight is 337 g/mol. The molecule has 0 atom stereocenters. The number of ether oxygens (including phenoxy) is 3. The maximum Gasteiger partial charge on any atom is 0.191 e. The summed E-state index contributed by atoms with van der Waals surface area (Å²) in [6, 6.07) is 8.05. The molecule has 1 aromatic rings. The van der Waals surface area contributed by atoms with Gasteiger partial charge in [0.05, 0.1) is 19.8 Å². The molecule has 0 saturated heterocycles. The third kappa shape index (κ3) is 10.1. The van der Waals surface area contributed by atoms with Crippen molar-refractivity contribution in [2.24, 2.45) is 4.99 Å². The highest BCUT2D eigenvalue weighted by atomic mass is 16.5. The van der Waals surface area contributed by atoms with Crippen LogP contribution in [0.25, 0.3) is 0 Å². The van der Waals surface area contributed by atoms with E-state index in [0.717, 1.165) is 31.2 Å². The molecule has 0 aliphatic carbocycles. The van der Waals surface area contributed by atoms with Crippen LogP contribution in [0.1, 0.15) is 18.9 Å². The monoisotopic (exact) mass is 337 g/mol. The highest BCUT2D eigenvalue weighted by molar-refractivity contribution is 5.79. The molecule has 0 unspecified atom stereocenters. The van der Waals surface area contributed by atoms with E-state index >= 15 is 0 Å². The fraction of sp³-hybridized carbons (Fsp3) is 0.611. The van der Waals surface area contributed by atoms with Crippen LogP contribution in [-0.2, 0) is 9.47 Å². The van der Waals surface area contributed by atoms with E-state index in [0.29, 0.717) is 33.0 Å². The van der Waals surface area contributed by atoms with Crippen LogP contribution >= 0.6 is 0 Å². The van der Waals surface area contributed by atoms with E-state index in [2.05, 4.69) is 28.6 Å². The van der Waals surface area contributed by atoms with Crippen LogP contribution in [0.2, 0.25) is 0 Å². The Hall–Kier alpha value is -1.79. The average Bonchev–Trinajstić information content (AvgIpc) is 2.58. The third-order valence-electron chi connectivity index (χ3n) is 3.15. The summed E-state index contributed by atoms with van der Waals surface area (Å²) in [4.78, 5) is 4.52. The quantitative estimate of drug-likeness (QED) is 0.347. The lowest BCUT2D eigenvalue weighted by Crippen LogP contribution is -2.39. The maximum atomic E-state index is 5.72. The van der Waals surface area contributed by atoms with Crippen LogP contribution in [0.5, 0.6) is 5.75 Å². The summed E-state index contributed by atoms with van der Waals surface area (Å²) >= 11 is 0. The first-order chi connectivity index (χ1) is 11.8. The summed E-state index contributed by atoms with van der Waals surface area (Å²) < 4.78 is 16.1. The Labute approximate surface area is 145 Å². The number of hydrogen-bond donors (Lipinski definition) is 2. The highest BCUT2D eigenvalue weighted by Crippen LogP contribution is 2.11. The van der Waals surface area contributed by atoms with Crippen molar-refractivity contribution in [3.63, 3.8) is 0 Å². The van der Waals surface area contributed by atoms with E-state index in [-0.39, 0.29) is 0 Å². The molecule has 0 heterocycles.